The van der Waals surface area contributed by atoms with Crippen molar-refractivity contribution < 1.29 is 13.9 Å². The Labute approximate surface area is 141 Å². The minimum atomic E-state index is -0.150. The van der Waals surface area contributed by atoms with Crippen molar-refractivity contribution in [2.75, 3.05) is 25.3 Å². The molecule has 0 spiro atoms. The number of alkyl halides is 1. The summed E-state index contributed by atoms with van der Waals surface area (Å²) in [7, 11) is 1.45. The third-order valence-corrected chi connectivity index (χ3v) is 4.97. The zero-order valence-corrected chi connectivity index (χ0v) is 15.2. The summed E-state index contributed by atoms with van der Waals surface area (Å²) in [6.45, 7) is -0.150. The van der Waals surface area contributed by atoms with Crippen LogP contribution in [0.1, 0.15) is 83.5 Å². The zero-order chi connectivity index (χ0) is 16.3. The molecule has 0 aromatic carbocycles. The minimum absolute atomic E-state index is 0.0863. The molecule has 0 saturated heterocycles. The summed E-state index contributed by atoms with van der Waals surface area (Å²) in [5.74, 6) is 2.45. The van der Waals surface area contributed by atoms with Crippen LogP contribution in [0.5, 0.6) is 0 Å². The maximum atomic E-state index is 11.9. The summed E-state index contributed by atoms with van der Waals surface area (Å²) < 4.78 is 16.5. The molecule has 0 heterocycles. The maximum Gasteiger partial charge on any atom is 0.305 e. The Kier molecular flexibility index (Phi) is 18.6. The van der Waals surface area contributed by atoms with Crippen LogP contribution in [0, 0.1) is 0 Å². The second-order valence-corrected chi connectivity index (χ2v) is 7.09. The van der Waals surface area contributed by atoms with Crippen molar-refractivity contribution >= 4 is 17.7 Å². The number of carbonyl (C=O) groups excluding carboxylic acids is 1. The summed E-state index contributed by atoms with van der Waals surface area (Å²) in [5, 5.41) is 0. The van der Waals surface area contributed by atoms with Gasteiger partial charge >= 0.3 is 5.97 Å². The van der Waals surface area contributed by atoms with E-state index < -0.39 is 0 Å². The minimum Gasteiger partial charge on any atom is -0.469 e. The third-order valence-electron chi connectivity index (χ3n) is 3.82. The van der Waals surface area contributed by atoms with Crippen LogP contribution in [0.15, 0.2) is 0 Å². The lowest BCUT2D eigenvalue weighted by Crippen LogP contribution is -1.99. The second kappa shape index (κ2) is 18.8. The van der Waals surface area contributed by atoms with E-state index in [1.807, 2.05) is 0 Å². The van der Waals surface area contributed by atoms with Gasteiger partial charge in [-0.25, -0.2) is 0 Å². The first-order valence-electron chi connectivity index (χ1n) is 9.01. The average molecular weight is 335 g/mol. The molecule has 0 aromatic rings. The van der Waals surface area contributed by atoms with Gasteiger partial charge in [-0.15, -0.1) is 0 Å². The van der Waals surface area contributed by atoms with E-state index in [0.29, 0.717) is 6.42 Å². The van der Waals surface area contributed by atoms with Gasteiger partial charge < -0.3 is 4.74 Å². The summed E-state index contributed by atoms with van der Waals surface area (Å²) in [6.07, 6.45) is 14.8. The number of hydrogen-bond donors (Lipinski definition) is 0. The number of methoxy groups -OCH3 is 1. The second-order valence-electron chi connectivity index (χ2n) is 5.87. The molecule has 0 bridgehead atoms. The van der Waals surface area contributed by atoms with Crippen molar-refractivity contribution in [3.8, 4) is 0 Å². The fourth-order valence-corrected chi connectivity index (χ4v) is 3.41. The van der Waals surface area contributed by atoms with Crippen molar-refractivity contribution in [1.82, 2.24) is 0 Å². The molecule has 0 aliphatic carbocycles. The summed E-state index contributed by atoms with van der Waals surface area (Å²) in [5.41, 5.74) is 0. The number of unbranched alkanes of at least 4 members (excludes halogenated alkanes) is 10. The fourth-order valence-electron chi connectivity index (χ4n) is 2.39. The molecule has 2 nitrogen and oxygen atoms in total. The van der Waals surface area contributed by atoms with Crippen LogP contribution in [0.25, 0.3) is 0 Å². The number of rotatable bonds is 17. The molecule has 0 aliphatic rings. The molecule has 0 N–H and O–H groups in total. The lowest BCUT2D eigenvalue weighted by Gasteiger charge is -2.03. The van der Waals surface area contributed by atoms with Crippen molar-refractivity contribution in [2.45, 2.75) is 83.5 Å². The molecule has 0 radical (unpaired) electrons. The van der Waals surface area contributed by atoms with Gasteiger partial charge in [-0.1, -0.05) is 51.4 Å². The van der Waals surface area contributed by atoms with Crippen LogP contribution in [0.4, 0.5) is 4.39 Å². The molecule has 0 aliphatic heterocycles. The Morgan fingerprint density at radius 1 is 0.773 bits per heavy atom. The van der Waals surface area contributed by atoms with Crippen LogP contribution >= 0.6 is 11.8 Å². The van der Waals surface area contributed by atoms with Gasteiger partial charge in [0.1, 0.15) is 0 Å². The van der Waals surface area contributed by atoms with Crippen LogP contribution in [-0.2, 0) is 9.53 Å². The molecular weight excluding hydrogens is 299 g/mol. The quantitative estimate of drug-likeness (QED) is 0.243. The summed E-state index contributed by atoms with van der Waals surface area (Å²) in [6, 6.07) is 0. The predicted octanol–water partition coefficient (Wildman–Crippen LogP) is 5.93. The highest BCUT2D eigenvalue weighted by Crippen LogP contribution is 2.13. The molecule has 0 fully saturated rings. The maximum absolute atomic E-state index is 11.9. The van der Waals surface area contributed by atoms with E-state index in [4.69, 9.17) is 0 Å². The predicted molar refractivity (Wildman–Crippen MR) is 95.3 cm³/mol. The van der Waals surface area contributed by atoms with Crippen LogP contribution in [0.2, 0.25) is 0 Å². The van der Waals surface area contributed by atoms with E-state index >= 15 is 0 Å². The monoisotopic (exact) mass is 334 g/mol. The van der Waals surface area contributed by atoms with Crippen molar-refractivity contribution in [3.05, 3.63) is 0 Å². The molecule has 0 aromatic heterocycles. The van der Waals surface area contributed by atoms with E-state index in [9.17, 15) is 9.18 Å². The number of esters is 1. The zero-order valence-electron chi connectivity index (χ0n) is 14.4. The smallest absolute Gasteiger partial charge is 0.305 e. The average Bonchev–Trinajstić information content (AvgIpc) is 2.54. The van der Waals surface area contributed by atoms with Gasteiger partial charge in [0.25, 0.3) is 0 Å². The topological polar surface area (TPSA) is 26.3 Å². The summed E-state index contributed by atoms with van der Waals surface area (Å²) in [4.78, 5) is 10.9. The molecule has 0 atom stereocenters. The van der Waals surface area contributed by atoms with Gasteiger partial charge in [-0.2, -0.15) is 11.8 Å². The van der Waals surface area contributed by atoms with Crippen LogP contribution < -0.4 is 0 Å². The molecule has 0 amide bonds. The van der Waals surface area contributed by atoms with Gasteiger partial charge in [0.15, 0.2) is 0 Å². The van der Waals surface area contributed by atoms with Crippen LogP contribution in [-0.4, -0.2) is 31.3 Å². The summed E-state index contributed by atoms with van der Waals surface area (Å²) >= 11 is 2.06. The number of halogens is 1. The first-order valence-corrected chi connectivity index (χ1v) is 10.2. The molecule has 0 saturated carbocycles. The first-order chi connectivity index (χ1) is 10.8. The largest absolute Gasteiger partial charge is 0.469 e. The number of thioether (sulfide) groups is 1. The Balaban J connectivity index is 2.98. The standard InChI is InChI=1S/C18H35FO2S/c1-21-18(20)14-10-6-9-13-17-22-16-12-8-5-3-2-4-7-11-15-19/h2-17H2,1H3. The van der Waals surface area contributed by atoms with Crippen molar-refractivity contribution in [3.63, 3.8) is 0 Å². The lowest BCUT2D eigenvalue weighted by molar-refractivity contribution is -0.140. The number of ether oxygens (including phenoxy) is 1. The number of carbonyl (C=O) groups is 1. The Bertz CT molecular complexity index is 237. The molecule has 0 rings (SSSR count). The lowest BCUT2D eigenvalue weighted by atomic mass is 10.1. The molecule has 22 heavy (non-hydrogen) atoms. The molecule has 132 valence electrons. The Hall–Kier alpha value is -0.250. The van der Waals surface area contributed by atoms with E-state index in [0.717, 1.165) is 25.7 Å². The first kappa shape index (κ1) is 21.8. The van der Waals surface area contributed by atoms with Gasteiger partial charge in [0, 0.05) is 6.42 Å². The van der Waals surface area contributed by atoms with Gasteiger partial charge in [0.2, 0.25) is 0 Å². The highest BCUT2D eigenvalue weighted by atomic mass is 32.2. The SMILES string of the molecule is COC(=O)CCCCCCSCCCCCCCCCCF. The van der Waals surface area contributed by atoms with Gasteiger partial charge in [-0.05, 0) is 37.2 Å². The molecular formula is C18H35FO2S. The Morgan fingerprint density at radius 2 is 1.23 bits per heavy atom. The normalized spacial score (nSPS) is 10.8. The van der Waals surface area contributed by atoms with E-state index in [2.05, 4.69) is 16.5 Å². The highest BCUT2D eigenvalue weighted by molar-refractivity contribution is 7.99. The third kappa shape index (κ3) is 17.8. The molecule has 4 heteroatoms. The van der Waals surface area contributed by atoms with E-state index in [1.54, 1.807) is 0 Å². The van der Waals surface area contributed by atoms with E-state index in [-0.39, 0.29) is 12.6 Å². The Morgan fingerprint density at radius 3 is 1.73 bits per heavy atom. The number of hydrogen-bond acceptors (Lipinski definition) is 3. The van der Waals surface area contributed by atoms with Crippen molar-refractivity contribution in [2.24, 2.45) is 0 Å². The van der Waals surface area contributed by atoms with Gasteiger partial charge in [0.05, 0.1) is 13.8 Å². The van der Waals surface area contributed by atoms with E-state index in [1.165, 1.54) is 70.0 Å². The van der Waals surface area contributed by atoms with Gasteiger partial charge in [-0.3, -0.25) is 9.18 Å². The van der Waals surface area contributed by atoms with Crippen molar-refractivity contribution in [1.29, 1.82) is 0 Å². The van der Waals surface area contributed by atoms with Crippen LogP contribution in [0.3, 0.4) is 0 Å². The highest BCUT2D eigenvalue weighted by Gasteiger charge is 1.99. The molecule has 0 unspecified atom stereocenters. The fraction of sp³-hybridized carbons (Fsp3) is 0.944.